The highest BCUT2D eigenvalue weighted by Crippen LogP contribution is 2.36. The van der Waals surface area contributed by atoms with Gasteiger partial charge in [0.15, 0.2) is 9.84 Å². The minimum atomic E-state index is -3.27. The molecule has 110 valence electrons. The molecule has 0 amide bonds. The van der Waals surface area contributed by atoms with Gasteiger partial charge >= 0.3 is 0 Å². The molecule has 0 atom stereocenters. The van der Waals surface area contributed by atoms with Crippen LogP contribution in [0.4, 0.5) is 17.1 Å². The van der Waals surface area contributed by atoms with Crippen LogP contribution < -0.4 is 10.6 Å². The molecule has 0 spiro atoms. The molecule has 0 unspecified atom stereocenters. The first-order valence-corrected chi connectivity index (χ1v) is 8.66. The molecule has 4 nitrogen and oxygen atoms in total. The molecule has 0 radical (unpaired) electrons. The molecule has 1 aliphatic heterocycles. The normalized spacial score (nSPS) is 14.2. The summed E-state index contributed by atoms with van der Waals surface area (Å²) in [4.78, 5) is 2.40. The number of hydrogen-bond donors (Lipinski definition) is 1. The maximum absolute atomic E-state index is 12.0. The average molecular weight is 302 g/mol. The summed E-state index contributed by atoms with van der Waals surface area (Å²) in [6.45, 7) is 2.51. The molecule has 0 saturated heterocycles. The van der Waals surface area contributed by atoms with Crippen LogP contribution in [-0.4, -0.2) is 20.7 Å². The molecule has 0 saturated carbocycles. The number of nitrogens with zero attached hydrogens (tertiary/aromatic N) is 1. The number of sulfone groups is 1. The van der Waals surface area contributed by atoms with E-state index >= 15 is 0 Å². The number of fused-ring (bicyclic) bond motifs is 1. The first-order valence-electron chi connectivity index (χ1n) is 7.00. The Hall–Kier alpha value is -2.01. The van der Waals surface area contributed by atoms with E-state index in [4.69, 9.17) is 5.73 Å². The van der Waals surface area contributed by atoms with Gasteiger partial charge in [0.2, 0.25) is 0 Å². The van der Waals surface area contributed by atoms with Crippen LogP contribution in [0, 0.1) is 0 Å². The monoisotopic (exact) mass is 302 g/mol. The summed E-state index contributed by atoms with van der Waals surface area (Å²) < 4.78 is 23.9. The van der Waals surface area contributed by atoms with Crippen molar-refractivity contribution in [3.63, 3.8) is 0 Å². The van der Waals surface area contributed by atoms with E-state index in [0.29, 0.717) is 5.69 Å². The largest absolute Gasteiger partial charge is 0.398 e. The van der Waals surface area contributed by atoms with Gasteiger partial charge < -0.3 is 10.6 Å². The molecule has 2 N–H and O–H groups in total. The minimum absolute atomic E-state index is 0.0586. The van der Waals surface area contributed by atoms with Crippen LogP contribution in [0.1, 0.15) is 12.5 Å². The van der Waals surface area contributed by atoms with Crippen LogP contribution in [0.3, 0.4) is 0 Å². The van der Waals surface area contributed by atoms with Gasteiger partial charge in [-0.05, 0) is 36.2 Å². The molecule has 0 fully saturated rings. The van der Waals surface area contributed by atoms with E-state index in [-0.39, 0.29) is 10.6 Å². The fraction of sp³-hybridized carbons (Fsp3) is 0.250. The van der Waals surface area contributed by atoms with Gasteiger partial charge in [0.1, 0.15) is 0 Å². The highest BCUT2D eigenvalue weighted by Gasteiger charge is 2.22. The van der Waals surface area contributed by atoms with Crippen molar-refractivity contribution in [3.8, 4) is 0 Å². The predicted molar refractivity (Wildman–Crippen MR) is 85.7 cm³/mol. The Labute approximate surface area is 125 Å². The Kier molecular flexibility index (Phi) is 3.37. The Morgan fingerprint density at radius 2 is 1.95 bits per heavy atom. The molecule has 0 bridgehead atoms. The van der Waals surface area contributed by atoms with Crippen molar-refractivity contribution in [2.45, 2.75) is 18.2 Å². The third kappa shape index (κ3) is 2.38. The molecule has 3 rings (SSSR count). The predicted octanol–water partition coefficient (Wildman–Crippen LogP) is 2.76. The quantitative estimate of drug-likeness (QED) is 0.886. The van der Waals surface area contributed by atoms with E-state index in [1.165, 1.54) is 11.3 Å². The fourth-order valence-corrected chi connectivity index (χ4v) is 3.75. The number of nitrogens with two attached hydrogens (primary N) is 1. The van der Waals surface area contributed by atoms with Crippen molar-refractivity contribution in [1.82, 2.24) is 0 Å². The molecule has 1 heterocycles. The molecule has 2 aromatic carbocycles. The van der Waals surface area contributed by atoms with Crippen molar-refractivity contribution < 1.29 is 8.42 Å². The van der Waals surface area contributed by atoms with E-state index in [9.17, 15) is 8.42 Å². The van der Waals surface area contributed by atoms with Gasteiger partial charge in [-0.25, -0.2) is 8.42 Å². The summed E-state index contributed by atoms with van der Waals surface area (Å²) in [5, 5.41) is 0. The molecule has 1 aliphatic rings. The number of hydrogen-bond acceptors (Lipinski definition) is 4. The van der Waals surface area contributed by atoms with Gasteiger partial charge in [-0.1, -0.05) is 25.1 Å². The molecule has 5 heteroatoms. The second-order valence-corrected chi connectivity index (χ2v) is 7.40. The summed E-state index contributed by atoms with van der Waals surface area (Å²) in [7, 11) is -3.27. The number of benzene rings is 2. The zero-order valence-corrected chi connectivity index (χ0v) is 12.7. The van der Waals surface area contributed by atoms with E-state index in [0.717, 1.165) is 18.7 Å². The highest BCUT2D eigenvalue weighted by molar-refractivity contribution is 7.91. The van der Waals surface area contributed by atoms with E-state index in [1.54, 1.807) is 19.1 Å². The topological polar surface area (TPSA) is 63.4 Å². The lowest BCUT2D eigenvalue weighted by molar-refractivity contribution is 0.597. The lowest BCUT2D eigenvalue weighted by Gasteiger charge is -2.20. The fourth-order valence-electron chi connectivity index (χ4n) is 2.75. The number of anilines is 3. The van der Waals surface area contributed by atoms with Crippen LogP contribution in [0.5, 0.6) is 0 Å². The van der Waals surface area contributed by atoms with Crippen molar-refractivity contribution in [3.05, 3.63) is 48.0 Å². The Bertz CT molecular complexity index is 785. The van der Waals surface area contributed by atoms with Crippen LogP contribution in [-0.2, 0) is 16.3 Å². The van der Waals surface area contributed by atoms with Crippen molar-refractivity contribution >= 4 is 26.9 Å². The summed E-state index contributed by atoms with van der Waals surface area (Å²) in [6.07, 6.45) is 0.991. The Morgan fingerprint density at radius 3 is 2.67 bits per heavy atom. The second-order valence-electron chi connectivity index (χ2n) is 5.16. The number of para-hydroxylation sites is 1. The summed E-state index contributed by atoms with van der Waals surface area (Å²) in [6, 6.07) is 13.4. The zero-order chi connectivity index (χ0) is 15.0. The van der Waals surface area contributed by atoms with Crippen LogP contribution in [0.25, 0.3) is 0 Å². The molecular formula is C16H18N2O2S. The van der Waals surface area contributed by atoms with Crippen molar-refractivity contribution in [2.24, 2.45) is 0 Å². The van der Waals surface area contributed by atoms with Gasteiger partial charge in [-0.2, -0.15) is 0 Å². The maximum atomic E-state index is 12.0. The summed E-state index contributed by atoms with van der Waals surface area (Å²) in [5.74, 6) is 0.0586. The maximum Gasteiger partial charge on any atom is 0.180 e. The van der Waals surface area contributed by atoms with Crippen molar-refractivity contribution in [2.75, 3.05) is 22.9 Å². The summed E-state index contributed by atoms with van der Waals surface area (Å²) >= 11 is 0. The van der Waals surface area contributed by atoms with Crippen LogP contribution in [0.2, 0.25) is 0 Å². The van der Waals surface area contributed by atoms with Gasteiger partial charge in [-0.3, -0.25) is 0 Å². The first-order chi connectivity index (χ1) is 10.0. The van der Waals surface area contributed by atoms with Crippen molar-refractivity contribution in [1.29, 1.82) is 0 Å². The Balaban J connectivity index is 2.01. The third-order valence-electron chi connectivity index (χ3n) is 3.91. The molecule has 21 heavy (non-hydrogen) atoms. The standard InChI is InChI=1S/C16H18N2O2S/c1-2-21(19,20)16-8-7-13(11-14(16)17)18-10-9-12-5-3-4-6-15(12)18/h3-8,11H,2,9-10,17H2,1H3. The van der Waals surface area contributed by atoms with Gasteiger partial charge in [0.25, 0.3) is 0 Å². The van der Waals surface area contributed by atoms with Crippen LogP contribution >= 0.6 is 0 Å². The molecule has 0 aliphatic carbocycles. The first kappa shape index (κ1) is 13.9. The van der Waals surface area contributed by atoms with Gasteiger partial charge in [0.05, 0.1) is 16.3 Å². The zero-order valence-electron chi connectivity index (χ0n) is 11.9. The number of rotatable bonds is 3. The average Bonchev–Trinajstić information content (AvgIpc) is 2.90. The molecule has 2 aromatic rings. The number of nitrogen functional groups attached to an aromatic ring is 1. The van der Waals surface area contributed by atoms with E-state index < -0.39 is 9.84 Å². The van der Waals surface area contributed by atoms with E-state index in [1.807, 2.05) is 18.2 Å². The molecular weight excluding hydrogens is 284 g/mol. The van der Waals surface area contributed by atoms with Gasteiger partial charge in [-0.15, -0.1) is 0 Å². The third-order valence-corrected chi connectivity index (χ3v) is 5.71. The lowest BCUT2D eigenvalue weighted by atomic mass is 10.2. The second kappa shape index (κ2) is 5.07. The molecule has 0 aromatic heterocycles. The van der Waals surface area contributed by atoms with Gasteiger partial charge in [0, 0.05) is 17.9 Å². The highest BCUT2D eigenvalue weighted by atomic mass is 32.2. The van der Waals surface area contributed by atoms with E-state index in [2.05, 4.69) is 17.0 Å². The van der Waals surface area contributed by atoms with Crippen LogP contribution in [0.15, 0.2) is 47.4 Å². The smallest absolute Gasteiger partial charge is 0.180 e. The summed E-state index contributed by atoms with van der Waals surface area (Å²) in [5.41, 5.74) is 9.70. The SMILES string of the molecule is CCS(=O)(=O)c1ccc(N2CCc3ccccc32)cc1N. The lowest BCUT2D eigenvalue weighted by Crippen LogP contribution is -2.14. The minimum Gasteiger partial charge on any atom is -0.398 e. The Morgan fingerprint density at radius 1 is 1.19 bits per heavy atom.